The summed E-state index contributed by atoms with van der Waals surface area (Å²) in [5.74, 6) is -0.625. The SMILES string of the molecule is COc1cc([N+](=O)[O-])cc(C=NN=C(N)SCc2ccccc2)c1OC(C)C(=O)O. The number of methoxy groups -OCH3 is 1. The van der Waals surface area contributed by atoms with Crippen molar-refractivity contribution < 1.29 is 24.3 Å². The lowest BCUT2D eigenvalue weighted by atomic mass is 10.1. The third kappa shape index (κ3) is 6.48. The van der Waals surface area contributed by atoms with Crippen LogP contribution in [0, 0.1) is 10.1 Å². The van der Waals surface area contributed by atoms with Crippen molar-refractivity contribution in [1.82, 2.24) is 0 Å². The van der Waals surface area contributed by atoms with Crippen LogP contribution in [0.25, 0.3) is 0 Å². The summed E-state index contributed by atoms with van der Waals surface area (Å²) in [7, 11) is 1.29. The van der Waals surface area contributed by atoms with Gasteiger partial charge in [-0.3, -0.25) is 10.1 Å². The quantitative estimate of drug-likeness (QED) is 0.266. The number of thioether (sulfide) groups is 1. The van der Waals surface area contributed by atoms with Crippen LogP contribution in [0.3, 0.4) is 0 Å². The molecule has 2 rings (SSSR count). The molecule has 0 heterocycles. The number of carboxylic acid groups (broad SMARTS) is 1. The van der Waals surface area contributed by atoms with Crippen LogP contribution in [-0.2, 0) is 10.5 Å². The Morgan fingerprint density at radius 1 is 1.37 bits per heavy atom. The number of non-ortho nitro benzene ring substituents is 1. The zero-order chi connectivity index (χ0) is 22.1. The molecule has 10 nitrogen and oxygen atoms in total. The number of ether oxygens (including phenoxy) is 2. The average molecular weight is 432 g/mol. The van der Waals surface area contributed by atoms with Crippen molar-refractivity contribution in [3.63, 3.8) is 0 Å². The molecule has 0 saturated carbocycles. The maximum absolute atomic E-state index is 11.2. The molecular formula is C19H20N4O6S. The van der Waals surface area contributed by atoms with Gasteiger partial charge in [0.2, 0.25) is 0 Å². The molecule has 30 heavy (non-hydrogen) atoms. The van der Waals surface area contributed by atoms with Crippen molar-refractivity contribution in [2.45, 2.75) is 18.8 Å². The number of nitro groups is 1. The Morgan fingerprint density at radius 2 is 2.07 bits per heavy atom. The van der Waals surface area contributed by atoms with Gasteiger partial charge in [-0.2, -0.15) is 5.10 Å². The van der Waals surface area contributed by atoms with Gasteiger partial charge in [0.25, 0.3) is 5.69 Å². The molecule has 11 heteroatoms. The summed E-state index contributed by atoms with van der Waals surface area (Å²) in [5, 5.41) is 28.2. The van der Waals surface area contributed by atoms with E-state index in [-0.39, 0.29) is 27.9 Å². The van der Waals surface area contributed by atoms with E-state index in [2.05, 4.69) is 10.2 Å². The van der Waals surface area contributed by atoms with E-state index < -0.39 is 17.0 Å². The van der Waals surface area contributed by atoms with E-state index in [0.29, 0.717) is 5.75 Å². The molecule has 0 spiro atoms. The van der Waals surface area contributed by atoms with Crippen LogP contribution >= 0.6 is 11.8 Å². The zero-order valence-electron chi connectivity index (χ0n) is 16.2. The maximum atomic E-state index is 11.2. The number of benzene rings is 2. The number of carboxylic acids is 1. The first-order valence-corrected chi connectivity index (χ1v) is 9.59. The minimum atomic E-state index is -1.22. The molecule has 3 N–H and O–H groups in total. The summed E-state index contributed by atoms with van der Waals surface area (Å²) in [6.45, 7) is 1.32. The van der Waals surface area contributed by atoms with Crippen LogP contribution in [0.1, 0.15) is 18.1 Å². The highest BCUT2D eigenvalue weighted by Gasteiger charge is 2.22. The molecule has 1 atom stereocenters. The van der Waals surface area contributed by atoms with Crippen molar-refractivity contribution in [3.05, 3.63) is 63.7 Å². The predicted molar refractivity (Wildman–Crippen MR) is 114 cm³/mol. The average Bonchev–Trinajstić information content (AvgIpc) is 2.73. The lowest BCUT2D eigenvalue weighted by Gasteiger charge is -2.15. The molecule has 0 saturated heterocycles. The minimum absolute atomic E-state index is 0.00541. The van der Waals surface area contributed by atoms with Crippen molar-refractivity contribution in [2.75, 3.05) is 7.11 Å². The Labute approximate surface area is 176 Å². The summed E-state index contributed by atoms with van der Waals surface area (Å²) in [5.41, 5.74) is 6.74. The number of hydrogen-bond donors (Lipinski definition) is 2. The number of aliphatic carboxylic acids is 1. The monoisotopic (exact) mass is 432 g/mol. The highest BCUT2D eigenvalue weighted by Crippen LogP contribution is 2.35. The van der Waals surface area contributed by atoms with Gasteiger partial charge in [0.15, 0.2) is 22.8 Å². The lowest BCUT2D eigenvalue weighted by Crippen LogP contribution is -2.23. The highest BCUT2D eigenvalue weighted by molar-refractivity contribution is 8.13. The van der Waals surface area contributed by atoms with E-state index in [0.717, 1.165) is 11.6 Å². The van der Waals surface area contributed by atoms with Gasteiger partial charge in [-0.25, -0.2) is 4.79 Å². The lowest BCUT2D eigenvalue weighted by molar-refractivity contribution is -0.385. The molecule has 0 amide bonds. The smallest absolute Gasteiger partial charge is 0.344 e. The fourth-order valence-corrected chi connectivity index (χ4v) is 2.84. The van der Waals surface area contributed by atoms with E-state index in [4.69, 9.17) is 20.3 Å². The predicted octanol–water partition coefficient (Wildman–Crippen LogP) is 3.04. The molecule has 1 unspecified atom stereocenters. The van der Waals surface area contributed by atoms with Gasteiger partial charge in [-0.1, -0.05) is 42.1 Å². The molecule has 0 aliphatic heterocycles. The van der Waals surface area contributed by atoms with Gasteiger partial charge in [0.1, 0.15) is 0 Å². The second-order valence-electron chi connectivity index (χ2n) is 5.88. The molecule has 0 bridgehead atoms. The molecule has 158 valence electrons. The number of amidine groups is 1. The number of carbonyl (C=O) groups is 1. The normalized spacial score (nSPS) is 12.5. The van der Waals surface area contributed by atoms with E-state index >= 15 is 0 Å². The first-order valence-electron chi connectivity index (χ1n) is 8.61. The van der Waals surface area contributed by atoms with Crippen molar-refractivity contribution in [3.8, 4) is 11.5 Å². The Kier molecular flexibility index (Phi) is 8.18. The van der Waals surface area contributed by atoms with Gasteiger partial charge in [0.05, 0.1) is 24.3 Å². The summed E-state index contributed by atoms with van der Waals surface area (Å²) in [4.78, 5) is 21.7. The number of nitro benzene ring substituents is 1. The summed E-state index contributed by atoms with van der Waals surface area (Å²) in [6.07, 6.45) is -0.0301. The van der Waals surface area contributed by atoms with E-state index in [1.54, 1.807) is 0 Å². The highest BCUT2D eigenvalue weighted by atomic mass is 32.2. The molecule has 2 aromatic carbocycles. The molecular weight excluding hydrogens is 412 g/mol. The largest absolute Gasteiger partial charge is 0.493 e. The van der Waals surface area contributed by atoms with Crippen LogP contribution in [-0.4, -0.2) is 40.6 Å². The van der Waals surface area contributed by atoms with Crippen LogP contribution in [0.15, 0.2) is 52.7 Å². The van der Waals surface area contributed by atoms with Crippen molar-refractivity contribution >= 4 is 34.8 Å². The molecule has 0 aromatic heterocycles. The van der Waals surface area contributed by atoms with E-state index in [1.807, 2.05) is 30.3 Å². The van der Waals surface area contributed by atoms with Crippen LogP contribution in [0.4, 0.5) is 5.69 Å². The van der Waals surface area contributed by atoms with Gasteiger partial charge in [-0.05, 0) is 12.5 Å². The molecule has 0 fully saturated rings. The Balaban J connectivity index is 2.27. The molecule has 0 aliphatic carbocycles. The Hall–Kier alpha value is -3.60. The Bertz CT molecular complexity index is 965. The summed E-state index contributed by atoms with van der Waals surface area (Å²) < 4.78 is 10.5. The van der Waals surface area contributed by atoms with Crippen LogP contribution in [0.2, 0.25) is 0 Å². The summed E-state index contributed by atoms with van der Waals surface area (Å²) in [6, 6.07) is 12.0. The van der Waals surface area contributed by atoms with Gasteiger partial charge < -0.3 is 20.3 Å². The molecule has 0 radical (unpaired) electrons. The standard InChI is InChI=1S/C19H20N4O6S/c1-12(18(24)25)29-17-14(8-15(23(26)27)9-16(17)28-2)10-21-22-19(20)30-11-13-6-4-3-5-7-13/h3-10,12H,11H2,1-2H3,(H2,20,22)(H,24,25). The van der Waals surface area contributed by atoms with Gasteiger partial charge >= 0.3 is 5.97 Å². The zero-order valence-corrected chi connectivity index (χ0v) is 17.0. The maximum Gasteiger partial charge on any atom is 0.344 e. The summed E-state index contributed by atoms with van der Waals surface area (Å²) >= 11 is 1.27. The topological polar surface area (TPSA) is 150 Å². The molecule has 0 aliphatic rings. The van der Waals surface area contributed by atoms with Crippen LogP contribution in [0.5, 0.6) is 11.5 Å². The van der Waals surface area contributed by atoms with Crippen LogP contribution < -0.4 is 15.2 Å². The van der Waals surface area contributed by atoms with Crippen molar-refractivity contribution in [1.29, 1.82) is 0 Å². The third-order valence-electron chi connectivity index (χ3n) is 3.72. The first-order chi connectivity index (χ1) is 14.3. The van der Waals surface area contributed by atoms with Gasteiger partial charge in [0, 0.05) is 17.4 Å². The fraction of sp³-hybridized carbons (Fsp3) is 0.211. The number of nitrogens with two attached hydrogens (primary N) is 1. The van der Waals surface area contributed by atoms with Crippen molar-refractivity contribution in [2.24, 2.45) is 15.9 Å². The second kappa shape index (κ2) is 10.8. The Morgan fingerprint density at radius 3 is 2.67 bits per heavy atom. The third-order valence-corrected chi connectivity index (χ3v) is 4.58. The fourth-order valence-electron chi connectivity index (χ4n) is 2.22. The van der Waals surface area contributed by atoms with E-state index in [9.17, 15) is 14.9 Å². The van der Waals surface area contributed by atoms with Gasteiger partial charge in [-0.15, -0.1) is 5.10 Å². The first kappa shape index (κ1) is 22.7. The van der Waals surface area contributed by atoms with E-state index in [1.165, 1.54) is 38.1 Å². The number of rotatable bonds is 9. The minimum Gasteiger partial charge on any atom is -0.493 e. The number of hydrogen-bond acceptors (Lipinski definition) is 8. The molecule has 2 aromatic rings. The number of nitrogens with zero attached hydrogens (tertiary/aromatic N) is 3. The second-order valence-corrected chi connectivity index (χ2v) is 6.87.